The molecule has 4 rings (SSSR count). The van der Waals surface area contributed by atoms with Crippen LogP contribution in [-0.2, 0) is 23.5 Å². The van der Waals surface area contributed by atoms with Gasteiger partial charge < -0.3 is 9.30 Å². The van der Waals surface area contributed by atoms with E-state index in [0.29, 0.717) is 22.8 Å². The molecule has 1 N–H and O–H groups in total. The fourth-order valence-corrected chi connectivity index (χ4v) is 4.11. The van der Waals surface area contributed by atoms with E-state index in [-0.39, 0.29) is 25.3 Å². The van der Waals surface area contributed by atoms with Crippen molar-refractivity contribution in [2.24, 2.45) is 12.0 Å². The zero-order valence-electron chi connectivity index (χ0n) is 18.4. The van der Waals surface area contributed by atoms with Crippen molar-refractivity contribution in [2.45, 2.75) is 18.9 Å². The second-order valence-corrected chi connectivity index (χ2v) is 9.29. The summed E-state index contributed by atoms with van der Waals surface area (Å²) in [5.41, 5.74) is -5.54. The Hall–Kier alpha value is -3.67. The van der Waals surface area contributed by atoms with Crippen LogP contribution in [0, 0.1) is 12.4 Å². The molecular weight excluding hydrogens is 490 g/mol. The molecular formula is C23H22F4N3O4S. The number of aryl methyl sites for hydroxylation is 2. The van der Waals surface area contributed by atoms with Crippen molar-refractivity contribution in [1.29, 1.82) is 0 Å². The number of aromatic nitrogens is 1. The van der Waals surface area contributed by atoms with Crippen LogP contribution < -0.4 is 25.6 Å². The summed E-state index contributed by atoms with van der Waals surface area (Å²) in [4.78, 5) is 16.5. The number of hydrogen-bond acceptors (Lipinski definition) is 5. The Morgan fingerprint density at radius 2 is 1.89 bits per heavy atom. The zero-order valence-corrected chi connectivity index (χ0v) is 19.2. The van der Waals surface area contributed by atoms with Crippen molar-refractivity contribution in [3.05, 3.63) is 81.5 Å². The molecule has 0 saturated heterocycles. The summed E-state index contributed by atoms with van der Waals surface area (Å²) in [6.45, 7) is 3.15. The molecule has 12 heteroatoms. The summed E-state index contributed by atoms with van der Waals surface area (Å²) in [7, 11) is -4.24. The number of benzene rings is 2. The van der Waals surface area contributed by atoms with E-state index in [2.05, 4.69) is 4.99 Å². The first kappa shape index (κ1) is 24.5. The molecule has 0 fully saturated rings. The summed E-state index contributed by atoms with van der Waals surface area (Å²) < 4.78 is 85.5. The Labute approximate surface area is 200 Å². The normalized spacial score (nSPS) is 13.1. The van der Waals surface area contributed by atoms with Gasteiger partial charge in [0.2, 0.25) is 0 Å². The first-order valence-electron chi connectivity index (χ1n) is 10.2. The minimum atomic E-state index is -5.70. The molecule has 0 spiro atoms. The molecule has 0 bridgehead atoms. The van der Waals surface area contributed by atoms with Crippen molar-refractivity contribution in [3.63, 3.8) is 0 Å². The number of alkyl halides is 3. The lowest BCUT2D eigenvalue weighted by atomic mass is 10.0. The van der Waals surface area contributed by atoms with E-state index in [9.17, 15) is 30.8 Å². The first-order valence-corrected chi connectivity index (χ1v) is 11.7. The number of ether oxygens (including phenoxy) is 1. The third kappa shape index (κ3) is 4.53. The van der Waals surface area contributed by atoms with E-state index in [1.807, 2.05) is 0 Å². The van der Waals surface area contributed by atoms with Crippen LogP contribution in [0.4, 0.5) is 23.2 Å². The number of sulfonamides is 1. The minimum absolute atomic E-state index is 0. The van der Waals surface area contributed by atoms with Gasteiger partial charge in [-0.1, -0.05) is 19.1 Å². The Morgan fingerprint density at radius 1 is 1.14 bits per heavy atom. The van der Waals surface area contributed by atoms with Crippen LogP contribution in [0.5, 0.6) is 11.5 Å². The van der Waals surface area contributed by atoms with Gasteiger partial charge in [0, 0.05) is 38.1 Å². The van der Waals surface area contributed by atoms with Gasteiger partial charge in [-0.05, 0) is 42.3 Å². The molecule has 1 aromatic heterocycles. The molecule has 7 nitrogen and oxygen atoms in total. The highest BCUT2D eigenvalue weighted by Gasteiger charge is 2.46. The second kappa shape index (κ2) is 8.84. The SMILES string of the molecule is CCc1cccc(Oc2ccc(NS(=O)(=O)C(F)(F)F)cc2-c2cn(C)c(=O)c3c2=C[CH]N=3)c1F.[HH].[HH]. The Kier molecular flexibility index (Phi) is 6.18. The van der Waals surface area contributed by atoms with Crippen molar-refractivity contribution < 1.29 is 33.6 Å². The maximum absolute atomic E-state index is 14.8. The zero-order chi connectivity index (χ0) is 25.5. The molecule has 2 aromatic carbocycles. The average molecular weight is 513 g/mol. The van der Waals surface area contributed by atoms with Gasteiger partial charge >= 0.3 is 15.5 Å². The van der Waals surface area contributed by atoms with Crippen LogP contribution >= 0.6 is 0 Å². The van der Waals surface area contributed by atoms with Gasteiger partial charge in [0.05, 0.1) is 6.54 Å². The van der Waals surface area contributed by atoms with Crippen molar-refractivity contribution in [2.75, 3.05) is 4.72 Å². The van der Waals surface area contributed by atoms with Gasteiger partial charge in [-0.25, -0.2) is 4.39 Å². The summed E-state index contributed by atoms with van der Waals surface area (Å²) >= 11 is 0. The minimum Gasteiger partial charge on any atom is -0.454 e. The van der Waals surface area contributed by atoms with Gasteiger partial charge in [0.25, 0.3) is 5.56 Å². The van der Waals surface area contributed by atoms with Crippen molar-refractivity contribution in [1.82, 2.24) is 4.57 Å². The number of rotatable bonds is 6. The fourth-order valence-electron chi connectivity index (χ4n) is 3.56. The van der Waals surface area contributed by atoms with Gasteiger partial charge in [0.15, 0.2) is 11.6 Å². The Bertz CT molecular complexity index is 1620. The molecule has 1 aliphatic heterocycles. The van der Waals surface area contributed by atoms with E-state index < -0.39 is 32.6 Å². The Morgan fingerprint density at radius 3 is 2.57 bits per heavy atom. The summed E-state index contributed by atoms with van der Waals surface area (Å²) in [5, 5.41) is 0.452. The fraction of sp³-hybridized carbons (Fsp3) is 0.174. The molecule has 1 aliphatic rings. The number of nitrogens with one attached hydrogen (secondary N) is 1. The van der Waals surface area contributed by atoms with Gasteiger partial charge in [-0.2, -0.15) is 21.6 Å². The molecule has 0 aliphatic carbocycles. The van der Waals surface area contributed by atoms with E-state index >= 15 is 0 Å². The highest BCUT2D eigenvalue weighted by atomic mass is 32.2. The summed E-state index contributed by atoms with van der Waals surface area (Å²) in [6.07, 6.45) is 3.34. The number of pyridine rings is 1. The number of hydrogen-bond donors (Lipinski definition) is 1. The standard InChI is InChI=1S/C23H18F4N3O4S.2H2/c1-3-13-5-4-6-19(20(13)24)34-18-8-7-14(29-35(32,33)23(25,26)27)11-16(18)17-12-30(2)22(31)21-15(17)9-10-28-21;;/h4-12,29H,3H2,1-2H3;2*1H. The molecule has 3 aromatic rings. The van der Waals surface area contributed by atoms with Crippen LogP contribution in [-0.4, -0.2) is 18.5 Å². The predicted molar refractivity (Wildman–Crippen MR) is 125 cm³/mol. The van der Waals surface area contributed by atoms with Crippen LogP contribution in [0.3, 0.4) is 0 Å². The van der Waals surface area contributed by atoms with E-state index in [1.54, 1.807) is 19.1 Å². The van der Waals surface area contributed by atoms with Gasteiger partial charge in [0.1, 0.15) is 11.1 Å². The predicted octanol–water partition coefficient (Wildman–Crippen LogP) is 3.88. The van der Waals surface area contributed by atoms with Crippen LogP contribution in [0.2, 0.25) is 0 Å². The number of anilines is 1. The van der Waals surface area contributed by atoms with E-state index in [1.165, 1.54) is 47.3 Å². The summed E-state index contributed by atoms with van der Waals surface area (Å²) in [5.74, 6) is -0.715. The molecule has 2 heterocycles. The largest absolute Gasteiger partial charge is 0.516 e. The molecule has 35 heavy (non-hydrogen) atoms. The molecule has 187 valence electrons. The number of nitrogens with zero attached hydrogens (tertiary/aromatic N) is 2. The van der Waals surface area contributed by atoms with Crippen molar-refractivity contribution >= 4 is 21.8 Å². The van der Waals surface area contributed by atoms with Crippen molar-refractivity contribution in [3.8, 4) is 22.6 Å². The molecule has 0 amide bonds. The first-order chi connectivity index (χ1) is 16.4. The lowest BCUT2D eigenvalue weighted by Gasteiger charge is -2.17. The number of fused-ring (bicyclic) bond motifs is 1. The third-order valence-corrected chi connectivity index (χ3v) is 6.42. The lowest BCUT2D eigenvalue weighted by molar-refractivity contribution is -0.0429. The van der Waals surface area contributed by atoms with E-state index in [0.717, 1.165) is 12.1 Å². The monoisotopic (exact) mass is 512 g/mol. The van der Waals surface area contributed by atoms with E-state index in [4.69, 9.17) is 4.74 Å². The highest BCUT2D eigenvalue weighted by molar-refractivity contribution is 7.93. The maximum atomic E-state index is 14.8. The lowest BCUT2D eigenvalue weighted by Crippen LogP contribution is -2.43. The molecule has 1 radical (unpaired) electrons. The summed E-state index contributed by atoms with van der Waals surface area (Å²) in [6, 6.07) is 7.96. The topological polar surface area (TPSA) is 89.8 Å². The molecule has 0 saturated carbocycles. The average Bonchev–Trinajstić information content (AvgIpc) is 3.28. The smallest absolute Gasteiger partial charge is 0.454 e. The van der Waals surface area contributed by atoms with Crippen LogP contribution in [0.15, 0.2) is 52.4 Å². The molecule has 0 atom stereocenters. The third-order valence-electron chi connectivity index (χ3n) is 5.31. The maximum Gasteiger partial charge on any atom is 0.516 e. The Balaban J connectivity index is 0.00000241. The molecule has 0 unspecified atom stereocenters. The van der Waals surface area contributed by atoms with Gasteiger partial charge in [-0.15, -0.1) is 0 Å². The van der Waals surface area contributed by atoms with Crippen LogP contribution in [0.1, 0.15) is 15.3 Å². The van der Waals surface area contributed by atoms with Gasteiger partial charge in [-0.3, -0.25) is 14.5 Å². The highest BCUT2D eigenvalue weighted by Crippen LogP contribution is 2.36. The van der Waals surface area contributed by atoms with Crippen LogP contribution in [0.25, 0.3) is 17.2 Å². The number of halogens is 4. The second-order valence-electron chi connectivity index (χ2n) is 7.61. The quantitative estimate of drug-likeness (QED) is 0.508.